The minimum atomic E-state index is -0.607. The zero-order chi connectivity index (χ0) is 24.4. The Morgan fingerprint density at radius 2 is 1.85 bits per heavy atom. The fraction of sp³-hybridized carbons (Fsp3) is 0.292. The smallest absolute Gasteiger partial charge is 0.338 e. The van der Waals surface area contributed by atoms with Crippen LogP contribution in [0.25, 0.3) is 6.08 Å². The van der Waals surface area contributed by atoms with Crippen LogP contribution >= 0.6 is 22.7 Å². The van der Waals surface area contributed by atoms with Gasteiger partial charge in [-0.1, -0.05) is 17.4 Å². The Labute approximate surface area is 204 Å². The number of nitrogens with zero attached hydrogens (tertiary/aromatic N) is 2. The molecule has 178 valence electrons. The van der Waals surface area contributed by atoms with Gasteiger partial charge < -0.3 is 18.9 Å². The fourth-order valence-corrected chi connectivity index (χ4v) is 5.68. The summed E-state index contributed by atoms with van der Waals surface area (Å²) in [6.07, 6.45) is 1.74. The molecule has 1 aromatic carbocycles. The van der Waals surface area contributed by atoms with Gasteiger partial charge in [-0.25, -0.2) is 9.79 Å². The van der Waals surface area contributed by atoms with Crippen LogP contribution in [0.5, 0.6) is 17.2 Å². The SMILES string of the molecule is CCOC(=O)C1=C(C)N=c2s/c(=C/c3cc(OC)c(OC)cc3OC)c(=O)n2[C@H]1c1cccs1. The van der Waals surface area contributed by atoms with Crippen molar-refractivity contribution in [3.05, 3.63) is 71.0 Å². The average Bonchev–Trinajstić information content (AvgIpc) is 3.46. The Bertz CT molecular complexity index is 1430. The standard InChI is InChI=1S/C24H24N2O6S2/c1-6-32-23(28)20-13(2)25-24-26(21(20)18-8-7-9-33-18)22(27)19(34-24)11-14-10-16(30-4)17(31-5)12-15(14)29-3/h7-12,21H,6H2,1-5H3/b19-11+/t21-/m0/s1. The minimum Gasteiger partial charge on any atom is -0.496 e. The number of hydrogen-bond acceptors (Lipinski definition) is 9. The summed E-state index contributed by atoms with van der Waals surface area (Å²) in [5.74, 6) is 1.09. The van der Waals surface area contributed by atoms with Crippen molar-refractivity contribution in [3.63, 3.8) is 0 Å². The Hall–Kier alpha value is -3.37. The lowest BCUT2D eigenvalue weighted by atomic mass is 10.0. The Balaban J connectivity index is 1.94. The average molecular weight is 501 g/mol. The van der Waals surface area contributed by atoms with Crippen molar-refractivity contribution in [3.8, 4) is 17.2 Å². The number of methoxy groups -OCH3 is 3. The van der Waals surface area contributed by atoms with E-state index in [9.17, 15) is 9.59 Å². The van der Waals surface area contributed by atoms with Crippen LogP contribution in [0, 0.1) is 0 Å². The van der Waals surface area contributed by atoms with Crippen molar-refractivity contribution >= 4 is 34.7 Å². The summed E-state index contributed by atoms with van der Waals surface area (Å²) in [5.41, 5.74) is 1.30. The normalized spacial score (nSPS) is 15.6. The molecule has 1 atom stereocenters. The summed E-state index contributed by atoms with van der Waals surface area (Å²) in [6, 6.07) is 6.65. The quantitative estimate of drug-likeness (QED) is 0.464. The van der Waals surface area contributed by atoms with Crippen LogP contribution in [0.2, 0.25) is 0 Å². The number of carbonyl (C=O) groups excluding carboxylic acids is 1. The molecule has 0 aliphatic carbocycles. The molecule has 1 aliphatic heterocycles. The van der Waals surface area contributed by atoms with Gasteiger partial charge in [0.2, 0.25) is 0 Å². The predicted molar refractivity (Wildman–Crippen MR) is 131 cm³/mol. The Morgan fingerprint density at radius 3 is 2.47 bits per heavy atom. The molecule has 3 aromatic rings. The molecule has 0 bridgehead atoms. The first kappa shape index (κ1) is 23.8. The molecule has 4 rings (SSSR count). The Kier molecular flexibility index (Phi) is 6.90. The molecule has 0 radical (unpaired) electrons. The monoisotopic (exact) mass is 500 g/mol. The maximum Gasteiger partial charge on any atom is 0.338 e. The van der Waals surface area contributed by atoms with Crippen LogP contribution in [0.3, 0.4) is 0 Å². The van der Waals surface area contributed by atoms with Gasteiger partial charge in [-0.05, 0) is 37.4 Å². The van der Waals surface area contributed by atoms with Gasteiger partial charge in [-0.3, -0.25) is 9.36 Å². The van der Waals surface area contributed by atoms with Gasteiger partial charge in [-0.2, -0.15) is 0 Å². The maximum atomic E-state index is 13.6. The third-order valence-electron chi connectivity index (χ3n) is 5.35. The Morgan fingerprint density at radius 1 is 1.15 bits per heavy atom. The number of benzene rings is 1. The van der Waals surface area contributed by atoms with Gasteiger partial charge in [0.15, 0.2) is 16.3 Å². The third kappa shape index (κ3) is 4.14. The number of esters is 1. The first-order chi connectivity index (χ1) is 16.4. The van der Waals surface area contributed by atoms with Gasteiger partial charge in [0.05, 0.1) is 43.7 Å². The third-order valence-corrected chi connectivity index (χ3v) is 7.26. The van der Waals surface area contributed by atoms with Crippen LogP contribution in [0.15, 0.2) is 50.7 Å². The van der Waals surface area contributed by atoms with Crippen LogP contribution in [0.1, 0.15) is 30.3 Å². The van der Waals surface area contributed by atoms with Crippen molar-refractivity contribution in [2.45, 2.75) is 19.9 Å². The molecule has 0 N–H and O–H groups in total. The van der Waals surface area contributed by atoms with E-state index in [1.165, 1.54) is 22.7 Å². The number of aromatic nitrogens is 1. The second kappa shape index (κ2) is 9.86. The van der Waals surface area contributed by atoms with Crippen molar-refractivity contribution < 1.29 is 23.7 Å². The predicted octanol–water partition coefficient (Wildman–Crippen LogP) is 2.89. The van der Waals surface area contributed by atoms with E-state index < -0.39 is 12.0 Å². The van der Waals surface area contributed by atoms with E-state index in [1.54, 1.807) is 58.0 Å². The zero-order valence-corrected chi connectivity index (χ0v) is 21.0. The van der Waals surface area contributed by atoms with Crippen molar-refractivity contribution in [1.82, 2.24) is 4.57 Å². The number of thiophene rings is 1. The van der Waals surface area contributed by atoms with Crippen LogP contribution in [0.4, 0.5) is 0 Å². The highest BCUT2D eigenvalue weighted by Crippen LogP contribution is 2.35. The van der Waals surface area contributed by atoms with Crippen molar-refractivity contribution in [1.29, 1.82) is 0 Å². The van der Waals surface area contributed by atoms with E-state index in [2.05, 4.69) is 4.99 Å². The van der Waals surface area contributed by atoms with Gasteiger partial charge in [0.25, 0.3) is 5.56 Å². The zero-order valence-electron chi connectivity index (χ0n) is 19.4. The highest BCUT2D eigenvalue weighted by atomic mass is 32.1. The highest BCUT2D eigenvalue weighted by Gasteiger charge is 2.33. The van der Waals surface area contributed by atoms with Crippen LogP contribution in [-0.2, 0) is 9.53 Å². The lowest BCUT2D eigenvalue weighted by Gasteiger charge is -2.23. The topological polar surface area (TPSA) is 88.4 Å². The molecule has 0 spiro atoms. The number of fused-ring (bicyclic) bond motifs is 1. The number of hydrogen-bond donors (Lipinski definition) is 0. The molecule has 0 saturated heterocycles. The molecule has 0 amide bonds. The van der Waals surface area contributed by atoms with Crippen molar-refractivity contribution in [2.75, 3.05) is 27.9 Å². The number of carbonyl (C=O) groups is 1. The van der Waals surface area contributed by atoms with Gasteiger partial charge in [-0.15, -0.1) is 11.3 Å². The van der Waals surface area contributed by atoms with Crippen LogP contribution in [-0.4, -0.2) is 38.5 Å². The number of rotatable bonds is 7. The summed E-state index contributed by atoms with van der Waals surface area (Å²) in [7, 11) is 4.64. The van der Waals surface area contributed by atoms with Crippen molar-refractivity contribution in [2.24, 2.45) is 4.99 Å². The number of allylic oxidation sites excluding steroid dienone is 1. The largest absolute Gasteiger partial charge is 0.496 e. The molecule has 0 unspecified atom stereocenters. The van der Waals surface area contributed by atoms with E-state index in [0.717, 1.165) is 4.88 Å². The summed E-state index contributed by atoms with van der Waals surface area (Å²) >= 11 is 2.72. The summed E-state index contributed by atoms with van der Waals surface area (Å²) < 4.78 is 23.6. The molecule has 3 heterocycles. The summed E-state index contributed by atoms with van der Waals surface area (Å²) in [4.78, 5) is 32.5. The van der Waals surface area contributed by atoms with Crippen LogP contribution < -0.4 is 29.1 Å². The maximum absolute atomic E-state index is 13.6. The van der Waals surface area contributed by atoms with E-state index in [0.29, 0.717) is 43.4 Å². The molecule has 0 saturated carbocycles. The molecule has 8 nitrogen and oxygen atoms in total. The summed E-state index contributed by atoms with van der Waals surface area (Å²) in [6.45, 7) is 3.75. The van der Waals surface area contributed by atoms with E-state index in [4.69, 9.17) is 18.9 Å². The van der Waals surface area contributed by atoms with Gasteiger partial charge in [0.1, 0.15) is 11.8 Å². The first-order valence-corrected chi connectivity index (χ1v) is 12.2. The lowest BCUT2D eigenvalue weighted by Crippen LogP contribution is -2.39. The molecule has 10 heteroatoms. The molecular weight excluding hydrogens is 476 g/mol. The lowest BCUT2D eigenvalue weighted by molar-refractivity contribution is -0.139. The highest BCUT2D eigenvalue weighted by molar-refractivity contribution is 7.10. The van der Waals surface area contributed by atoms with E-state index in [-0.39, 0.29) is 12.2 Å². The number of thiazole rings is 1. The van der Waals surface area contributed by atoms with Gasteiger partial charge in [0, 0.05) is 16.5 Å². The second-order valence-corrected chi connectivity index (χ2v) is 9.26. The number of ether oxygens (including phenoxy) is 4. The fourth-order valence-electron chi connectivity index (χ4n) is 3.81. The van der Waals surface area contributed by atoms with E-state index >= 15 is 0 Å². The minimum absolute atomic E-state index is 0.232. The first-order valence-electron chi connectivity index (χ1n) is 10.5. The molecular formula is C24H24N2O6S2. The molecule has 2 aromatic heterocycles. The second-order valence-electron chi connectivity index (χ2n) is 7.27. The molecule has 1 aliphatic rings. The molecule has 34 heavy (non-hydrogen) atoms. The van der Waals surface area contributed by atoms with Gasteiger partial charge >= 0.3 is 5.97 Å². The molecule has 0 fully saturated rings. The van der Waals surface area contributed by atoms with E-state index in [1.807, 2.05) is 17.5 Å². The summed E-state index contributed by atoms with van der Waals surface area (Å²) in [5, 5.41) is 1.91.